The van der Waals surface area contributed by atoms with Crippen molar-refractivity contribution in [2.75, 3.05) is 17.7 Å². The highest BCUT2D eigenvalue weighted by atomic mass is 16.3. The summed E-state index contributed by atoms with van der Waals surface area (Å²) in [6.45, 7) is 4.12. The van der Waals surface area contributed by atoms with E-state index in [4.69, 9.17) is 10.8 Å². The molecule has 0 fully saturated rings. The van der Waals surface area contributed by atoms with E-state index in [1.165, 1.54) is 0 Å². The summed E-state index contributed by atoms with van der Waals surface area (Å²) in [5.41, 5.74) is 8.00. The number of nitrogens with two attached hydrogens (primary N) is 1. The van der Waals surface area contributed by atoms with Gasteiger partial charge in [0.15, 0.2) is 5.82 Å². The third kappa shape index (κ3) is 2.93. The molecule has 0 amide bonds. The Morgan fingerprint density at radius 3 is 2.84 bits per heavy atom. The van der Waals surface area contributed by atoms with Crippen LogP contribution in [0, 0.1) is 6.92 Å². The van der Waals surface area contributed by atoms with Crippen LogP contribution in [0.3, 0.4) is 0 Å². The second-order valence-electron chi connectivity index (χ2n) is 4.61. The lowest BCUT2D eigenvalue weighted by Crippen LogP contribution is -2.22. The molecule has 0 aliphatic heterocycles. The molecule has 7 heteroatoms. The Morgan fingerprint density at radius 2 is 2.16 bits per heavy atom. The maximum absolute atomic E-state index is 9.10. The van der Waals surface area contributed by atoms with Crippen molar-refractivity contribution in [3.63, 3.8) is 0 Å². The number of aromatic nitrogens is 4. The van der Waals surface area contributed by atoms with Gasteiger partial charge < -0.3 is 16.2 Å². The molecule has 2 rings (SSSR count). The molecule has 0 aliphatic rings. The van der Waals surface area contributed by atoms with Gasteiger partial charge in [0, 0.05) is 12.6 Å². The van der Waals surface area contributed by atoms with Crippen LogP contribution >= 0.6 is 0 Å². The average Bonchev–Trinajstić information content (AvgIpc) is 2.72. The van der Waals surface area contributed by atoms with Gasteiger partial charge in [-0.05, 0) is 19.8 Å². The van der Waals surface area contributed by atoms with E-state index in [0.717, 1.165) is 29.6 Å². The highest BCUT2D eigenvalue weighted by Gasteiger charge is 2.14. The topological polar surface area (TPSA) is 113 Å². The van der Waals surface area contributed by atoms with Crippen molar-refractivity contribution in [1.82, 2.24) is 20.2 Å². The zero-order valence-corrected chi connectivity index (χ0v) is 11.3. The van der Waals surface area contributed by atoms with Gasteiger partial charge in [0.1, 0.15) is 11.0 Å². The minimum Gasteiger partial charge on any atom is -0.396 e. The van der Waals surface area contributed by atoms with Crippen LogP contribution in [0.5, 0.6) is 0 Å². The summed E-state index contributed by atoms with van der Waals surface area (Å²) in [4.78, 5) is 8.40. The zero-order valence-electron chi connectivity index (χ0n) is 11.3. The van der Waals surface area contributed by atoms with Crippen molar-refractivity contribution in [1.29, 1.82) is 0 Å². The van der Waals surface area contributed by atoms with Crippen LogP contribution in [0.2, 0.25) is 0 Å². The molecule has 2 heterocycles. The fraction of sp³-hybridized carbons (Fsp3) is 0.583. The van der Waals surface area contributed by atoms with E-state index in [-0.39, 0.29) is 18.6 Å². The molecule has 0 radical (unpaired) electrons. The molecule has 0 unspecified atom stereocenters. The largest absolute Gasteiger partial charge is 0.396 e. The van der Waals surface area contributed by atoms with E-state index in [0.29, 0.717) is 12.2 Å². The first-order chi connectivity index (χ1) is 9.15. The first kappa shape index (κ1) is 13.5. The number of anilines is 2. The second kappa shape index (κ2) is 5.83. The zero-order chi connectivity index (χ0) is 13.8. The Labute approximate surface area is 111 Å². The summed E-state index contributed by atoms with van der Waals surface area (Å²) in [5.74, 6) is 0.869. The van der Waals surface area contributed by atoms with Gasteiger partial charge in [0.2, 0.25) is 5.95 Å². The van der Waals surface area contributed by atoms with E-state index >= 15 is 0 Å². The highest BCUT2D eigenvalue weighted by Crippen LogP contribution is 2.22. The van der Waals surface area contributed by atoms with E-state index in [1.54, 1.807) is 0 Å². The van der Waals surface area contributed by atoms with Crippen molar-refractivity contribution in [3.8, 4) is 0 Å². The summed E-state index contributed by atoms with van der Waals surface area (Å²) >= 11 is 0. The Bertz CT molecular complexity index is 546. The molecule has 0 spiro atoms. The lowest BCUT2D eigenvalue weighted by molar-refractivity contribution is 0.276. The predicted molar refractivity (Wildman–Crippen MR) is 74.9 cm³/mol. The maximum Gasteiger partial charge on any atom is 0.222 e. The molecule has 19 heavy (non-hydrogen) atoms. The quantitative estimate of drug-likeness (QED) is 0.623. The number of aliphatic hydroxyl groups is 1. The number of fused-ring (bicyclic) bond motifs is 1. The number of rotatable bonds is 6. The van der Waals surface area contributed by atoms with Gasteiger partial charge >= 0.3 is 0 Å². The number of nitrogens with one attached hydrogen (secondary N) is 2. The van der Waals surface area contributed by atoms with Crippen LogP contribution in [-0.2, 0) is 0 Å². The van der Waals surface area contributed by atoms with Gasteiger partial charge in [0.25, 0.3) is 0 Å². The van der Waals surface area contributed by atoms with Gasteiger partial charge in [-0.3, -0.25) is 5.10 Å². The van der Waals surface area contributed by atoms with Crippen LogP contribution in [0.1, 0.15) is 31.9 Å². The van der Waals surface area contributed by atoms with Gasteiger partial charge in [-0.15, -0.1) is 0 Å². The van der Waals surface area contributed by atoms with Crippen LogP contribution in [0.25, 0.3) is 11.0 Å². The standard InChI is InChI=1S/C12H20N6O/c1-3-4-8(5-6-19)14-11-10-9(7(2)17-18-10)15-12(13)16-11/h8,19H,3-6H2,1-2H3,(H,17,18)(H3,13,14,15,16)/t8-/m0/s1. The number of nitrogen functional groups attached to an aromatic ring is 1. The van der Waals surface area contributed by atoms with Gasteiger partial charge in [0.05, 0.1) is 5.69 Å². The first-order valence-corrected chi connectivity index (χ1v) is 6.51. The van der Waals surface area contributed by atoms with Crippen molar-refractivity contribution < 1.29 is 5.11 Å². The SMILES string of the molecule is CCC[C@@H](CCO)Nc1nc(N)nc2c(C)n[nH]c12. The van der Waals surface area contributed by atoms with Gasteiger partial charge in [-0.1, -0.05) is 13.3 Å². The lowest BCUT2D eigenvalue weighted by atomic mass is 10.1. The van der Waals surface area contributed by atoms with Crippen LogP contribution in [0.4, 0.5) is 11.8 Å². The normalized spacial score (nSPS) is 12.8. The number of H-pyrrole nitrogens is 1. The van der Waals surface area contributed by atoms with Gasteiger partial charge in [-0.25, -0.2) is 4.98 Å². The summed E-state index contributed by atoms with van der Waals surface area (Å²) < 4.78 is 0. The summed E-state index contributed by atoms with van der Waals surface area (Å²) in [6.07, 6.45) is 2.66. The smallest absolute Gasteiger partial charge is 0.222 e. The monoisotopic (exact) mass is 264 g/mol. The molecule has 7 nitrogen and oxygen atoms in total. The third-order valence-electron chi connectivity index (χ3n) is 3.06. The van der Waals surface area contributed by atoms with Crippen LogP contribution in [-0.4, -0.2) is 37.9 Å². The minimum atomic E-state index is 0.142. The molecule has 0 bridgehead atoms. The van der Waals surface area contributed by atoms with E-state index < -0.39 is 0 Å². The molecule has 2 aromatic heterocycles. The molecular formula is C12H20N6O. The molecule has 0 saturated carbocycles. The molecule has 0 saturated heterocycles. The first-order valence-electron chi connectivity index (χ1n) is 6.51. The number of nitrogens with zero attached hydrogens (tertiary/aromatic N) is 3. The number of aromatic amines is 1. The van der Waals surface area contributed by atoms with E-state index in [9.17, 15) is 0 Å². The lowest BCUT2D eigenvalue weighted by Gasteiger charge is -2.18. The summed E-state index contributed by atoms with van der Waals surface area (Å²) in [7, 11) is 0. The number of aliphatic hydroxyl groups excluding tert-OH is 1. The van der Waals surface area contributed by atoms with Crippen LogP contribution < -0.4 is 11.1 Å². The molecule has 0 aliphatic carbocycles. The molecule has 1 atom stereocenters. The second-order valence-corrected chi connectivity index (χ2v) is 4.61. The fourth-order valence-electron chi connectivity index (χ4n) is 2.13. The number of hydrogen-bond acceptors (Lipinski definition) is 6. The molecule has 104 valence electrons. The fourth-order valence-corrected chi connectivity index (χ4v) is 2.13. The van der Waals surface area contributed by atoms with Crippen molar-refractivity contribution in [3.05, 3.63) is 5.69 Å². The summed E-state index contributed by atoms with van der Waals surface area (Å²) in [6, 6.07) is 0.163. The Hall–Kier alpha value is -1.89. The highest BCUT2D eigenvalue weighted by molar-refractivity contribution is 5.87. The Morgan fingerprint density at radius 1 is 1.37 bits per heavy atom. The van der Waals surface area contributed by atoms with E-state index in [1.807, 2.05) is 6.92 Å². The predicted octanol–water partition coefficient (Wildman–Crippen LogP) is 1.21. The average molecular weight is 264 g/mol. The van der Waals surface area contributed by atoms with E-state index in [2.05, 4.69) is 32.4 Å². The summed E-state index contributed by atoms with van der Waals surface area (Å²) in [5, 5.41) is 19.5. The third-order valence-corrected chi connectivity index (χ3v) is 3.06. The minimum absolute atomic E-state index is 0.142. The van der Waals surface area contributed by atoms with Crippen molar-refractivity contribution >= 4 is 22.8 Å². The number of aryl methyl sites for hydroxylation is 1. The van der Waals surface area contributed by atoms with Crippen molar-refractivity contribution in [2.24, 2.45) is 0 Å². The molecular weight excluding hydrogens is 244 g/mol. The Kier molecular flexibility index (Phi) is 4.16. The van der Waals surface area contributed by atoms with Crippen LogP contribution in [0.15, 0.2) is 0 Å². The van der Waals surface area contributed by atoms with Crippen molar-refractivity contribution in [2.45, 2.75) is 39.2 Å². The number of hydrogen-bond donors (Lipinski definition) is 4. The molecule has 0 aromatic carbocycles. The molecule has 5 N–H and O–H groups in total. The maximum atomic E-state index is 9.10. The van der Waals surface area contributed by atoms with Gasteiger partial charge in [-0.2, -0.15) is 10.1 Å². The Balaban J connectivity index is 2.32. The molecule has 2 aromatic rings.